The Morgan fingerprint density at radius 3 is 2.52 bits per heavy atom. The first-order valence-electron chi connectivity index (χ1n) is 8.41. The molecule has 0 saturated heterocycles. The monoisotopic (exact) mass is 362 g/mol. The zero-order valence-corrected chi connectivity index (χ0v) is 14.9. The Balaban J connectivity index is 1.68. The van der Waals surface area contributed by atoms with Gasteiger partial charge in [-0.1, -0.05) is 37.1 Å². The molecule has 3 nitrogen and oxygen atoms in total. The van der Waals surface area contributed by atoms with E-state index in [1.807, 2.05) is 30.3 Å². The number of hydrogen-bond donors (Lipinski definition) is 2. The summed E-state index contributed by atoms with van der Waals surface area (Å²) >= 11 is 4.03. The molecule has 0 heterocycles. The van der Waals surface area contributed by atoms with Gasteiger partial charge >= 0.3 is 5.97 Å². The number of rotatable bonds is 10. The molecule has 134 valence electrons. The van der Waals surface area contributed by atoms with Crippen molar-refractivity contribution >= 4 is 18.6 Å². The van der Waals surface area contributed by atoms with Gasteiger partial charge in [-0.15, -0.1) is 0 Å². The number of carbonyl (C=O) groups is 1. The molecule has 0 spiro atoms. The summed E-state index contributed by atoms with van der Waals surface area (Å²) in [5, 5.41) is 8.21. The van der Waals surface area contributed by atoms with Gasteiger partial charge in [0.15, 0.2) is 0 Å². The van der Waals surface area contributed by atoms with Crippen molar-refractivity contribution in [2.45, 2.75) is 44.0 Å². The Kier molecular flexibility index (Phi) is 7.79. The van der Waals surface area contributed by atoms with Gasteiger partial charge in [-0.05, 0) is 54.7 Å². The molecule has 0 bridgehead atoms. The molecule has 1 unspecified atom stereocenters. The lowest BCUT2D eigenvalue weighted by Crippen LogP contribution is -2.12. The fraction of sp³-hybridized carbons (Fsp3) is 0.350. The van der Waals surface area contributed by atoms with Crippen LogP contribution < -0.4 is 4.74 Å². The Labute approximate surface area is 153 Å². The maximum absolute atomic E-state index is 13.1. The average Bonchev–Trinajstić information content (AvgIpc) is 2.60. The van der Waals surface area contributed by atoms with Gasteiger partial charge in [-0.2, -0.15) is 12.6 Å². The van der Waals surface area contributed by atoms with Crippen molar-refractivity contribution in [3.63, 3.8) is 0 Å². The highest BCUT2D eigenvalue weighted by Crippen LogP contribution is 2.17. The normalized spacial score (nSPS) is 11.9. The molecule has 2 aromatic carbocycles. The third-order valence-corrected chi connectivity index (χ3v) is 4.43. The van der Waals surface area contributed by atoms with Crippen LogP contribution in [-0.2, 0) is 17.8 Å². The number of ether oxygens (including phenoxy) is 1. The molecule has 0 saturated carbocycles. The summed E-state index contributed by atoms with van der Waals surface area (Å²) in [5.74, 6) is -0.353. The number of aryl methyl sites for hydroxylation is 1. The van der Waals surface area contributed by atoms with E-state index < -0.39 is 11.2 Å². The fourth-order valence-electron chi connectivity index (χ4n) is 2.51. The lowest BCUT2D eigenvalue weighted by Gasteiger charge is -2.08. The number of carboxylic acids is 1. The molecule has 25 heavy (non-hydrogen) atoms. The van der Waals surface area contributed by atoms with E-state index in [1.165, 1.54) is 17.7 Å². The molecule has 0 aliphatic heterocycles. The molecule has 0 amide bonds. The summed E-state index contributed by atoms with van der Waals surface area (Å²) in [4.78, 5) is 10.7. The SMILES string of the molecule is O=C(O)C(S)CCCCCc1ccc(OCc2cccc(F)c2)cc1. The highest BCUT2D eigenvalue weighted by molar-refractivity contribution is 7.81. The van der Waals surface area contributed by atoms with Crippen LogP contribution in [0, 0.1) is 5.82 Å². The minimum atomic E-state index is -0.850. The standard InChI is InChI=1S/C20H23FO3S/c21-17-7-4-6-16(13-17)14-24-18-11-9-15(10-12-18)5-2-1-3-8-19(25)20(22)23/h4,6-7,9-13,19,25H,1-3,5,8,14H2,(H,22,23). The number of aliphatic carboxylic acids is 1. The van der Waals surface area contributed by atoms with Gasteiger partial charge in [0.25, 0.3) is 0 Å². The van der Waals surface area contributed by atoms with Crippen molar-refractivity contribution in [1.29, 1.82) is 0 Å². The molecule has 0 radical (unpaired) electrons. The van der Waals surface area contributed by atoms with Crippen LogP contribution in [0.2, 0.25) is 0 Å². The fourth-order valence-corrected chi connectivity index (χ4v) is 2.70. The van der Waals surface area contributed by atoms with E-state index in [2.05, 4.69) is 12.6 Å². The van der Waals surface area contributed by atoms with Gasteiger partial charge in [0, 0.05) is 0 Å². The van der Waals surface area contributed by atoms with Crippen molar-refractivity contribution in [2.75, 3.05) is 0 Å². The largest absolute Gasteiger partial charge is 0.489 e. The van der Waals surface area contributed by atoms with Gasteiger partial charge in [-0.3, -0.25) is 4.79 Å². The van der Waals surface area contributed by atoms with Crippen LogP contribution in [-0.4, -0.2) is 16.3 Å². The molecule has 0 aliphatic rings. The first-order valence-corrected chi connectivity index (χ1v) is 8.93. The molecule has 1 N–H and O–H groups in total. The molecule has 0 fully saturated rings. The van der Waals surface area contributed by atoms with Gasteiger partial charge in [-0.25, -0.2) is 4.39 Å². The summed E-state index contributed by atoms with van der Waals surface area (Å²) in [7, 11) is 0. The van der Waals surface area contributed by atoms with Crippen LogP contribution in [0.25, 0.3) is 0 Å². The van der Waals surface area contributed by atoms with Gasteiger partial charge in [0.1, 0.15) is 18.2 Å². The molecule has 2 aromatic rings. The number of thiol groups is 1. The topological polar surface area (TPSA) is 46.5 Å². The predicted octanol–water partition coefficient (Wildman–Crippen LogP) is 4.89. The second kappa shape index (κ2) is 10.1. The maximum Gasteiger partial charge on any atom is 0.316 e. The Morgan fingerprint density at radius 2 is 1.84 bits per heavy atom. The molecular weight excluding hydrogens is 339 g/mol. The summed E-state index contributed by atoms with van der Waals surface area (Å²) in [6.45, 7) is 0.339. The van der Waals surface area contributed by atoms with E-state index >= 15 is 0 Å². The summed E-state index contributed by atoms with van der Waals surface area (Å²) in [5.41, 5.74) is 2.02. The van der Waals surface area contributed by atoms with Crippen molar-refractivity contribution in [1.82, 2.24) is 0 Å². The zero-order chi connectivity index (χ0) is 18.1. The van der Waals surface area contributed by atoms with Crippen molar-refractivity contribution < 1.29 is 19.0 Å². The third kappa shape index (κ3) is 7.18. The van der Waals surface area contributed by atoms with Gasteiger partial charge in [0.2, 0.25) is 0 Å². The molecule has 5 heteroatoms. The van der Waals surface area contributed by atoms with Crippen molar-refractivity contribution in [3.05, 3.63) is 65.5 Å². The van der Waals surface area contributed by atoms with E-state index in [9.17, 15) is 9.18 Å². The van der Waals surface area contributed by atoms with Crippen LogP contribution in [0.4, 0.5) is 4.39 Å². The van der Waals surface area contributed by atoms with Crippen molar-refractivity contribution in [3.8, 4) is 5.75 Å². The van der Waals surface area contributed by atoms with E-state index in [0.29, 0.717) is 13.0 Å². The van der Waals surface area contributed by atoms with Crippen LogP contribution >= 0.6 is 12.6 Å². The molecule has 2 rings (SSSR count). The Hall–Kier alpha value is -2.01. The van der Waals surface area contributed by atoms with Crippen LogP contribution in [0.3, 0.4) is 0 Å². The first-order chi connectivity index (χ1) is 12.0. The number of halogens is 1. The number of benzene rings is 2. The Morgan fingerprint density at radius 1 is 1.08 bits per heavy atom. The van der Waals surface area contributed by atoms with Crippen molar-refractivity contribution in [2.24, 2.45) is 0 Å². The van der Waals surface area contributed by atoms with E-state index in [4.69, 9.17) is 9.84 Å². The third-order valence-electron chi connectivity index (χ3n) is 3.95. The molecule has 0 aromatic heterocycles. The molecule has 1 atom stereocenters. The second-order valence-corrected chi connectivity index (χ2v) is 6.64. The minimum absolute atomic E-state index is 0.260. The second-order valence-electron chi connectivity index (χ2n) is 6.02. The Bertz CT molecular complexity index is 673. The number of unbranched alkanes of at least 4 members (excludes halogenated alkanes) is 2. The van der Waals surface area contributed by atoms with E-state index in [-0.39, 0.29) is 5.82 Å². The number of hydrogen-bond acceptors (Lipinski definition) is 3. The quantitative estimate of drug-likeness (QED) is 0.467. The first kappa shape index (κ1) is 19.3. The van der Waals surface area contributed by atoms with E-state index in [1.54, 1.807) is 6.07 Å². The van der Waals surface area contributed by atoms with Gasteiger partial charge < -0.3 is 9.84 Å². The van der Waals surface area contributed by atoms with Crippen LogP contribution in [0.15, 0.2) is 48.5 Å². The lowest BCUT2D eigenvalue weighted by molar-refractivity contribution is -0.136. The maximum atomic E-state index is 13.1. The van der Waals surface area contributed by atoms with Crippen LogP contribution in [0.1, 0.15) is 36.8 Å². The van der Waals surface area contributed by atoms with Crippen LogP contribution in [0.5, 0.6) is 5.75 Å². The predicted molar refractivity (Wildman–Crippen MR) is 99.8 cm³/mol. The summed E-state index contributed by atoms with van der Waals surface area (Å²) < 4.78 is 18.8. The minimum Gasteiger partial charge on any atom is -0.489 e. The summed E-state index contributed by atoms with van der Waals surface area (Å²) in [6, 6.07) is 14.3. The summed E-state index contributed by atoms with van der Waals surface area (Å²) in [6.07, 6.45) is 4.43. The zero-order valence-electron chi connectivity index (χ0n) is 14.0. The average molecular weight is 362 g/mol. The number of carboxylic acid groups (broad SMARTS) is 1. The highest BCUT2D eigenvalue weighted by Gasteiger charge is 2.10. The highest BCUT2D eigenvalue weighted by atomic mass is 32.1. The molecular formula is C20H23FO3S. The molecule has 0 aliphatic carbocycles. The van der Waals surface area contributed by atoms with Gasteiger partial charge in [0.05, 0.1) is 5.25 Å². The van der Waals surface area contributed by atoms with E-state index in [0.717, 1.165) is 37.0 Å². The smallest absolute Gasteiger partial charge is 0.316 e. The lowest BCUT2D eigenvalue weighted by atomic mass is 10.1.